The van der Waals surface area contributed by atoms with Gasteiger partial charge in [0.25, 0.3) is 11.8 Å². The van der Waals surface area contributed by atoms with Crippen molar-refractivity contribution in [1.82, 2.24) is 26.2 Å². The number of ether oxygens (including phenoxy) is 12. The van der Waals surface area contributed by atoms with Crippen molar-refractivity contribution in [3.05, 3.63) is 12.2 Å². The fraction of sp³-hybridized carbons (Fsp3) is 0.837. The number of thioether (sulfide) groups is 1. The largest absolute Gasteiger partial charge is 0.377 e. The number of unbranched alkanes of at least 4 members (excludes halogenated alkanes) is 1. The zero-order chi connectivity index (χ0) is 47.0. The Morgan fingerprint density at radius 1 is 0.500 bits per heavy atom. The lowest BCUT2D eigenvalue weighted by Crippen LogP contribution is -2.36. The maximum atomic E-state index is 12.1. The van der Waals surface area contributed by atoms with E-state index in [4.69, 9.17) is 56.8 Å². The van der Waals surface area contributed by atoms with Gasteiger partial charge < -0.3 is 78.1 Å². The third-order valence-corrected chi connectivity index (χ3v) is 11.3. The molecule has 380 valence electrons. The van der Waals surface area contributed by atoms with Crippen LogP contribution < -0.4 is 21.3 Å². The zero-order valence-corrected chi connectivity index (χ0v) is 39.3. The minimum atomic E-state index is -0.401. The molecule has 66 heavy (non-hydrogen) atoms. The maximum Gasteiger partial charge on any atom is 0.315 e. The molecule has 3 aliphatic heterocycles. The number of nitrogens with zero attached hydrogens (tertiary/aromatic N) is 1. The number of nitrogens with one attached hydrogen (secondary N) is 4. The summed E-state index contributed by atoms with van der Waals surface area (Å²) in [5.74, 6) is -0.0725. The highest BCUT2D eigenvalue weighted by Crippen LogP contribution is 2.33. The first-order valence-corrected chi connectivity index (χ1v) is 24.2. The second kappa shape index (κ2) is 39.9. The topological polar surface area (TPSA) is 247 Å². The Hall–Kier alpha value is -3.04. The molecule has 0 aromatic carbocycles. The number of carbonyl (C=O) groups excluding carboxylic acids is 5. The van der Waals surface area contributed by atoms with Gasteiger partial charge in [-0.3, -0.25) is 24.1 Å². The van der Waals surface area contributed by atoms with Gasteiger partial charge in [0.05, 0.1) is 171 Å². The molecule has 0 aromatic rings. The van der Waals surface area contributed by atoms with E-state index in [9.17, 15) is 24.0 Å². The van der Waals surface area contributed by atoms with Gasteiger partial charge in [-0.1, -0.05) is 6.42 Å². The van der Waals surface area contributed by atoms with Crippen molar-refractivity contribution in [3.8, 4) is 0 Å². The monoisotopic (exact) mass is 965 g/mol. The number of fused-ring (bicyclic) bond motifs is 1. The predicted octanol–water partition coefficient (Wildman–Crippen LogP) is -0.541. The molecule has 6 amide bonds. The van der Waals surface area contributed by atoms with E-state index in [0.29, 0.717) is 183 Å². The van der Waals surface area contributed by atoms with Gasteiger partial charge in [-0.2, -0.15) is 11.8 Å². The Morgan fingerprint density at radius 2 is 0.848 bits per heavy atom. The smallest absolute Gasteiger partial charge is 0.315 e. The first kappa shape index (κ1) is 57.3. The molecule has 22 nitrogen and oxygen atoms in total. The van der Waals surface area contributed by atoms with Crippen molar-refractivity contribution in [1.29, 1.82) is 0 Å². The molecule has 2 saturated heterocycles. The van der Waals surface area contributed by atoms with E-state index in [1.54, 1.807) is 0 Å². The average molecular weight is 966 g/mol. The first-order chi connectivity index (χ1) is 32.4. The summed E-state index contributed by atoms with van der Waals surface area (Å²) in [5, 5.41) is 12.0. The highest BCUT2D eigenvalue weighted by molar-refractivity contribution is 8.00. The van der Waals surface area contributed by atoms with E-state index in [0.717, 1.165) is 29.9 Å². The van der Waals surface area contributed by atoms with E-state index in [1.165, 1.54) is 12.2 Å². The van der Waals surface area contributed by atoms with Crippen LogP contribution >= 0.6 is 11.8 Å². The van der Waals surface area contributed by atoms with Crippen LogP contribution in [0.2, 0.25) is 0 Å². The van der Waals surface area contributed by atoms with Crippen molar-refractivity contribution in [2.75, 3.05) is 184 Å². The van der Waals surface area contributed by atoms with Crippen LogP contribution in [-0.2, 0) is 76.0 Å². The molecule has 0 aliphatic carbocycles. The highest BCUT2D eigenvalue weighted by Gasteiger charge is 2.42. The van der Waals surface area contributed by atoms with Crippen LogP contribution in [-0.4, -0.2) is 236 Å². The minimum Gasteiger partial charge on any atom is -0.377 e. The van der Waals surface area contributed by atoms with Crippen LogP contribution in [0.4, 0.5) is 4.79 Å². The van der Waals surface area contributed by atoms with Crippen LogP contribution in [0.5, 0.6) is 0 Å². The number of hydrogen-bond acceptors (Lipinski definition) is 18. The summed E-state index contributed by atoms with van der Waals surface area (Å²) in [5.41, 5.74) is 0. The Labute approximate surface area is 393 Å². The lowest BCUT2D eigenvalue weighted by molar-refractivity contribution is -0.137. The molecule has 0 aromatic heterocycles. The number of urea groups is 1. The van der Waals surface area contributed by atoms with E-state index in [1.807, 2.05) is 11.8 Å². The highest BCUT2D eigenvalue weighted by atomic mass is 32.2. The minimum absolute atomic E-state index is 0.0353. The van der Waals surface area contributed by atoms with Crippen molar-refractivity contribution in [2.45, 2.75) is 49.4 Å². The SMILES string of the molecule is O=C(CCCCC1SCC2NC(=O)NC21)NCCOCCOCCOCCOCCOCCOCCOCCOCCOCCOCCOCCOCCNC(=O)CCN1C(=O)C=CC1=O. The van der Waals surface area contributed by atoms with Crippen LogP contribution in [0.25, 0.3) is 0 Å². The molecule has 3 unspecified atom stereocenters. The van der Waals surface area contributed by atoms with Crippen molar-refractivity contribution >= 4 is 41.4 Å². The Kier molecular flexibility index (Phi) is 34.6. The molecule has 23 heteroatoms. The number of amides is 6. The summed E-state index contributed by atoms with van der Waals surface area (Å²) in [6.07, 6.45) is 5.73. The molecule has 3 aliphatic rings. The number of imide groups is 1. The van der Waals surface area contributed by atoms with E-state index >= 15 is 0 Å². The molecule has 0 saturated carbocycles. The van der Waals surface area contributed by atoms with Gasteiger partial charge in [0.2, 0.25) is 11.8 Å². The van der Waals surface area contributed by atoms with E-state index in [2.05, 4.69) is 21.3 Å². The zero-order valence-electron chi connectivity index (χ0n) is 38.5. The van der Waals surface area contributed by atoms with Crippen molar-refractivity contribution in [2.24, 2.45) is 0 Å². The third-order valence-electron chi connectivity index (χ3n) is 9.77. The first-order valence-electron chi connectivity index (χ1n) is 23.1. The van der Waals surface area contributed by atoms with E-state index < -0.39 is 11.8 Å². The summed E-state index contributed by atoms with van der Waals surface area (Å²) < 4.78 is 65.8. The van der Waals surface area contributed by atoms with Gasteiger partial charge in [-0.15, -0.1) is 0 Å². The summed E-state index contributed by atoms with van der Waals surface area (Å²) in [4.78, 5) is 59.3. The third kappa shape index (κ3) is 29.7. The molecule has 2 fully saturated rings. The van der Waals surface area contributed by atoms with Gasteiger partial charge in [-0.05, 0) is 12.8 Å². The fourth-order valence-corrected chi connectivity index (χ4v) is 7.91. The predicted molar refractivity (Wildman–Crippen MR) is 240 cm³/mol. The average Bonchev–Trinajstić information content (AvgIpc) is 3.98. The Bertz CT molecular complexity index is 1320. The molecule has 4 N–H and O–H groups in total. The normalized spacial score (nSPS) is 17.7. The van der Waals surface area contributed by atoms with Gasteiger partial charge in [0.15, 0.2) is 0 Å². The number of rotatable bonds is 47. The van der Waals surface area contributed by atoms with Crippen LogP contribution in [0.3, 0.4) is 0 Å². The lowest BCUT2D eigenvalue weighted by atomic mass is 10.0. The van der Waals surface area contributed by atoms with E-state index in [-0.39, 0.29) is 42.9 Å². The quantitative estimate of drug-likeness (QED) is 0.0340. The summed E-state index contributed by atoms with van der Waals surface area (Å²) in [6, 6.07) is 0.386. The Balaban J connectivity index is 0.878. The number of hydrogen-bond donors (Lipinski definition) is 4. The summed E-state index contributed by atoms with van der Waals surface area (Å²) in [7, 11) is 0. The molecular weight excluding hydrogens is 891 g/mol. The molecular formula is C43H75N5O17S. The van der Waals surface area contributed by atoms with Crippen molar-refractivity contribution in [3.63, 3.8) is 0 Å². The van der Waals surface area contributed by atoms with Crippen LogP contribution in [0, 0.1) is 0 Å². The van der Waals surface area contributed by atoms with Gasteiger partial charge in [-0.25, -0.2) is 4.79 Å². The molecule has 0 spiro atoms. The molecule has 0 bridgehead atoms. The second-order valence-corrected chi connectivity index (χ2v) is 16.1. The maximum absolute atomic E-state index is 12.1. The lowest BCUT2D eigenvalue weighted by Gasteiger charge is -2.16. The molecule has 3 rings (SSSR count). The second-order valence-electron chi connectivity index (χ2n) is 14.8. The molecule has 3 atom stereocenters. The molecule has 0 radical (unpaired) electrons. The summed E-state index contributed by atoms with van der Waals surface area (Å²) >= 11 is 1.90. The van der Waals surface area contributed by atoms with Crippen molar-refractivity contribution < 1.29 is 80.8 Å². The van der Waals surface area contributed by atoms with Gasteiger partial charge in [0.1, 0.15) is 0 Å². The van der Waals surface area contributed by atoms with Gasteiger partial charge in [0, 0.05) is 55.6 Å². The number of carbonyl (C=O) groups is 5. The fourth-order valence-electron chi connectivity index (χ4n) is 6.36. The van der Waals surface area contributed by atoms with Crippen LogP contribution in [0.1, 0.15) is 32.1 Å². The Morgan fingerprint density at radius 3 is 1.23 bits per heavy atom. The summed E-state index contributed by atoms with van der Waals surface area (Å²) in [6.45, 7) is 11.6. The van der Waals surface area contributed by atoms with Crippen LogP contribution in [0.15, 0.2) is 12.2 Å². The molecule has 3 heterocycles. The standard InChI is InChI=1S/C43H75N5O17S/c49-38(4-2-1-3-37-42-36(35-66-37)46-43(53)47-42)44-8-11-54-13-15-56-17-19-58-21-23-60-25-27-62-29-31-64-33-34-65-32-30-63-28-26-61-24-22-59-20-18-57-16-14-55-12-9-45-39(50)7-10-48-40(51)5-6-41(48)52/h5-6,36-37,42H,1-4,7-35H2,(H,44,49)(H,45,50)(H2,46,47,53). The van der Waals surface area contributed by atoms with Gasteiger partial charge >= 0.3 is 6.03 Å².